The molecule has 1 aromatic carbocycles. The first-order valence-electron chi connectivity index (χ1n) is 6.44. The van der Waals surface area contributed by atoms with E-state index in [1.807, 2.05) is 14.0 Å². The van der Waals surface area contributed by atoms with E-state index in [-0.39, 0.29) is 17.5 Å². The summed E-state index contributed by atoms with van der Waals surface area (Å²) in [6.07, 6.45) is -0.104. The molecule has 7 heteroatoms. The zero-order chi connectivity index (χ0) is 14.8. The highest BCUT2D eigenvalue weighted by molar-refractivity contribution is 9.10. The Morgan fingerprint density at radius 2 is 2.25 bits per heavy atom. The van der Waals surface area contributed by atoms with Gasteiger partial charge in [-0.3, -0.25) is 0 Å². The maximum atomic E-state index is 12.3. The van der Waals surface area contributed by atoms with Crippen molar-refractivity contribution < 1.29 is 13.2 Å². The Bertz CT molecular complexity index is 577. The molecule has 5 nitrogen and oxygen atoms in total. The van der Waals surface area contributed by atoms with Crippen molar-refractivity contribution in [2.45, 2.75) is 17.9 Å². The third-order valence-corrected chi connectivity index (χ3v) is 5.62. The molecule has 1 aliphatic rings. The summed E-state index contributed by atoms with van der Waals surface area (Å²) in [6, 6.07) is 5.18. The highest BCUT2D eigenvalue weighted by Gasteiger charge is 2.22. The van der Waals surface area contributed by atoms with E-state index in [4.69, 9.17) is 4.74 Å². The summed E-state index contributed by atoms with van der Waals surface area (Å²) >= 11 is 3.30. The minimum absolute atomic E-state index is 0.104. The lowest BCUT2D eigenvalue weighted by atomic mass is 10.2. The normalized spacial score (nSPS) is 21.1. The lowest BCUT2D eigenvalue weighted by Crippen LogP contribution is -2.45. The number of nitrogens with zero attached hydrogens (tertiary/aromatic N) is 1. The first-order chi connectivity index (χ1) is 9.38. The van der Waals surface area contributed by atoms with Crippen molar-refractivity contribution in [3.63, 3.8) is 0 Å². The first-order valence-corrected chi connectivity index (χ1v) is 8.72. The Hall–Kier alpha value is -0.470. The van der Waals surface area contributed by atoms with Crippen LogP contribution in [0.4, 0.5) is 0 Å². The van der Waals surface area contributed by atoms with E-state index in [0.717, 1.165) is 18.7 Å². The fourth-order valence-corrected chi connectivity index (χ4v) is 4.35. The molecule has 1 aliphatic heterocycles. The summed E-state index contributed by atoms with van der Waals surface area (Å²) < 4.78 is 33.3. The maximum absolute atomic E-state index is 12.3. The van der Waals surface area contributed by atoms with Gasteiger partial charge in [0.2, 0.25) is 10.0 Å². The average Bonchev–Trinajstić information content (AvgIpc) is 2.36. The number of halogens is 1. The van der Waals surface area contributed by atoms with Crippen LogP contribution < -0.4 is 4.72 Å². The smallest absolute Gasteiger partial charge is 0.241 e. The van der Waals surface area contributed by atoms with Crippen molar-refractivity contribution in [3.05, 3.63) is 28.2 Å². The van der Waals surface area contributed by atoms with Crippen LogP contribution in [-0.2, 0) is 14.8 Å². The van der Waals surface area contributed by atoms with Crippen molar-refractivity contribution in [1.82, 2.24) is 9.62 Å². The molecule has 1 unspecified atom stereocenters. The van der Waals surface area contributed by atoms with E-state index in [0.29, 0.717) is 11.1 Å². The summed E-state index contributed by atoms with van der Waals surface area (Å²) in [5.74, 6) is 0. The summed E-state index contributed by atoms with van der Waals surface area (Å²) in [4.78, 5) is 2.39. The molecule has 1 N–H and O–H groups in total. The number of sulfonamides is 1. The molecule has 1 fully saturated rings. The predicted molar refractivity (Wildman–Crippen MR) is 81.3 cm³/mol. The third kappa shape index (κ3) is 4.02. The van der Waals surface area contributed by atoms with Gasteiger partial charge in [-0.1, -0.05) is 6.07 Å². The minimum atomic E-state index is -3.52. The largest absolute Gasteiger partial charge is 0.374 e. The zero-order valence-corrected chi connectivity index (χ0v) is 14.0. The van der Waals surface area contributed by atoms with Gasteiger partial charge in [0.05, 0.1) is 17.6 Å². The Balaban J connectivity index is 2.03. The predicted octanol–water partition coefficient (Wildman–Crippen LogP) is 1.37. The molecular formula is C13H19BrN2O3S. The van der Waals surface area contributed by atoms with E-state index in [2.05, 4.69) is 25.6 Å². The zero-order valence-electron chi connectivity index (χ0n) is 11.6. The molecule has 0 radical (unpaired) electrons. The van der Waals surface area contributed by atoms with E-state index >= 15 is 0 Å². The number of aryl methyl sites for hydroxylation is 1. The van der Waals surface area contributed by atoms with E-state index < -0.39 is 10.0 Å². The topological polar surface area (TPSA) is 58.6 Å². The molecule has 1 atom stereocenters. The van der Waals surface area contributed by atoms with Crippen LogP contribution in [0.1, 0.15) is 5.56 Å². The molecular weight excluding hydrogens is 344 g/mol. The molecule has 1 saturated heterocycles. The van der Waals surface area contributed by atoms with E-state index in [1.54, 1.807) is 18.2 Å². The third-order valence-electron chi connectivity index (χ3n) is 3.22. The van der Waals surface area contributed by atoms with E-state index in [9.17, 15) is 8.42 Å². The van der Waals surface area contributed by atoms with Crippen molar-refractivity contribution in [3.8, 4) is 0 Å². The summed E-state index contributed by atoms with van der Waals surface area (Å²) in [6.45, 7) is 4.45. The molecule has 1 aromatic rings. The number of morpholine rings is 1. The lowest BCUT2D eigenvalue weighted by Gasteiger charge is -2.30. The van der Waals surface area contributed by atoms with Gasteiger partial charge in [-0.2, -0.15) is 0 Å². The van der Waals surface area contributed by atoms with Crippen LogP contribution in [-0.4, -0.2) is 52.7 Å². The first kappa shape index (κ1) is 15.9. The molecule has 20 heavy (non-hydrogen) atoms. The standard InChI is InChI=1S/C13H19BrN2O3S/c1-10-3-4-13(12(14)7-10)20(17,18)15-8-11-9-16(2)5-6-19-11/h3-4,7,11,15H,5-6,8-9H2,1-2H3. The second kappa shape index (κ2) is 6.53. The van der Waals surface area contributed by atoms with Crippen LogP contribution in [0, 0.1) is 6.92 Å². The number of nitrogens with one attached hydrogen (secondary N) is 1. The Morgan fingerprint density at radius 1 is 1.50 bits per heavy atom. The van der Waals surface area contributed by atoms with Crippen LogP contribution in [0.25, 0.3) is 0 Å². The second-order valence-electron chi connectivity index (χ2n) is 5.04. The van der Waals surface area contributed by atoms with Gasteiger partial charge < -0.3 is 9.64 Å². The minimum Gasteiger partial charge on any atom is -0.374 e. The number of rotatable bonds is 4. The van der Waals surface area contributed by atoms with Crippen molar-refractivity contribution in [2.24, 2.45) is 0 Å². The van der Waals surface area contributed by atoms with Crippen LogP contribution in [0.2, 0.25) is 0 Å². The molecule has 0 aromatic heterocycles. The van der Waals surface area contributed by atoms with Crippen LogP contribution in [0.3, 0.4) is 0 Å². The fourth-order valence-electron chi connectivity index (χ4n) is 2.09. The number of ether oxygens (including phenoxy) is 1. The molecule has 0 aliphatic carbocycles. The van der Waals surface area contributed by atoms with Gasteiger partial charge in [-0.15, -0.1) is 0 Å². The molecule has 0 spiro atoms. The van der Waals surface area contributed by atoms with Gasteiger partial charge in [0.15, 0.2) is 0 Å². The van der Waals surface area contributed by atoms with Crippen molar-refractivity contribution in [2.75, 3.05) is 33.3 Å². The van der Waals surface area contributed by atoms with Crippen LogP contribution in [0.15, 0.2) is 27.6 Å². The van der Waals surface area contributed by atoms with Gasteiger partial charge in [0.25, 0.3) is 0 Å². The Morgan fingerprint density at radius 3 is 2.90 bits per heavy atom. The summed E-state index contributed by atoms with van der Waals surface area (Å²) in [5.41, 5.74) is 1.01. The Kier molecular flexibility index (Phi) is 5.19. The van der Waals surface area contributed by atoms with E-state index in [1.165, 1.54) is 0 Å². The van der Waals surface area contributed by atoms with Gasteiger partial charge in [0.1, 0.15) is 0 Å². The van der Waals surface area contributed by atoms with Crippen LogP contribution >= 0.6 is 15.9 Å². The molecule has 0 saturated carbocycles. The van der Waals surface area contributed by atoms with Gasteiger partial charge in [0, 0.05) is 24.1 Å². The maximum Gasteiger partial charge on any atom is 0.241 e. The highest BCUT2D eigenvalue weighted by atomic mass is 79.9. The number of hydrogen-bond acceptors (Lipinski definition) is 4. The number of likely N-dealkylation sites (N-methyl/N-ethyl adjacent to an activating group) is 1. The summed E-state index contributed by atoms with van der Waals surface area (Å²) in [7, 11) is -1.52. The Labute approximate surface area is 128 Å². The highest BCUT2D eigenvalue weighted by Crippen LogP contribution is 2.22. The van der Waals surface area contributed by atoms with Gasteiger partial charge >= 0.3 is 0 Å². The molecule has 1 heterocycles. The average molecular weight is 363 g/mol. The number of benzene rings is 1. The summed E-state index contributed by atoms with van der Waals surface area (Å²) in [5, 5.41) is 0. The fraction of sp³-hybridized carbons (Fsp3) is 0.538. The monoisotopic (exact) mass is 362 g/mol. The molecule has 0 bridgehead atoms. The van der Waals surface area contributed by atoms with Crippen LogP contribution in [0.5, 0.6) is 0 Å². The lowest BCUT2D eigenvalue weighted by molar-refractivity contribution is -0.0156. The van der Waals surface area contributed by atoms with Crippen molar-refractivity contribution in [1.29, 1.82) is 0 Å². The number of hydrogen-bond donors (Lipinski definition) is 1. The molecule has 0 amide bonds. The second-order valence-corrected chi connectivity index (χ2v) is 7.63. The van der Waals surface area contributed by atoms with Gasteiger partial charge in [-0.05, 0) is 47.6 Å². The SMILES string of the molecule is Cc1ccc(S(=O)(=O)NCC2CN(C)CCO2)c(Br)c1. The van der Waals surface area contributed by atoms with Gasteiger partial charge in [-0.25, -0.2) is 13.1 Å². The molecule has 112 valence electrons. The van der Waals surface area contributed by atoms with Crippen molar-refractivity contribution >= 4 is 26.0 Å². The molecule has 2 rings (SSSR count). The quantitative estimate of drug-likeness (QED) is 0.878.